The first-order chi connectivity index (χ1) is 9.77. The van der Waals surface area contributed by atoms with Gasteiger partial charge in [-0.1, -0.05) is 0 Å². The van der Waals surface area contributed by atoms with Gasteiger partial charge >= 0.3 is 0 Å². The number of aromatic nitrogens is 2. The van der Waals surface area contributed by atoms with E-state index >= 15 is 0 Å². The van der Waals surface area contributed by atoms with Gasteiger partial charge in [0.2, 0.25) is 0 Å². The molecule has 5 nitrogen and oxygen atoms in total. The second-order valence-electron chi connectivity index (χ2n) is 6.21. The molecule has 5 heteroatoms. The molecule has 20 heavy (non-hydrogen) atoms. The van der Waals surface area contributed by atoms with Gasteiger partial charge in [0, 0.05) is 18.7 Å². The van der Waals surface area contributed by atoms with Crippen molar-refractivity contribution in [2.24, 2.45) is 0 Å². The predicted octanol–water partition coefficient (Wildman–Crippen LogP) is 1.75. The number of carbonyl (C=O) groups is 1. The Morgan fingerprint density at radius 1 is 1.40 bits per heavy atom. The van der Waals surface area contributed by atoms with Gasteiger partial charge in [0.25, 0.3) is 5.91 Å². The fourth-order valence-corrected chi connectivity index (χ4v) is 3.25. The lowest BCUT2D eigenvalue weighted by Gasteiger charge is -2.48. The Balaban J connectivity index is 1.57. The van der Waals surface area contributed by atoms with Gasteiger partial charge in [-0.05, 0) is 32.1 Å². The quantitative estimate of drug-likeness (QED) is 0.823. The van der Waals surface area contributed by atoms with Crippen LogP contribution in [0.5, 0.6) is 0 Å². The summed E-state index contributed by atoms with van der Waals surface area (Å²) in [7, 11) is 0. The highest BCUT2D eigenvalue weighted by atomic mass is 16.5. The molecule has 3 fully saturated rings. The van der Waals surface area contributed by atoms with E-state index in [9.17, 15) is 4.79 Å². The number of nitrogens with zero attached hydrogens (tertiary/aromatic N) is 3. The normalized spacial score (nSPS) is 24.5. The number of amides is 1. The van der Waals surface area contributed by atoms with Crippen molar-refractivity contribution in [1.82, 2.24) is 14.9 Å². The van der Waals surface area contributed by atoms with E-state index in [-0.39, 0.29) is 11.5 Å². The Bertz CT molecular complexity index is 538. The molecule has 1 aromatic heterocycles. The van der Waals surface area contributed by atoms with Gasteiger partial charge in [-0.15, -0.1) is 0 Å². The molecule has 0 atom stereocenters. The Hall–Kier alpha value is -1.49. The van der Waals surface area contributed by atoms with Crippen LogP contribution in [0.2, 0.25) is 0 Å². The molecule has 1 aliphatic heterocycles. The first kappa shape index (κ1) is 12.3. The van der Waals surface area contributed by atoms with Crippen molar-refractivity contribution >= 4 is 5.91 Å². The van der Waals surface area contributed by atoms with Gasteiger partial charge in [-0.2, -0.15) is 0 Å². The van der Waals surface area contributed by atoms with Crippen LogP contribution in [0.1, 0.15) is 54.1 Å². The summed E-state index contributed by atoms with van der Waals surface area (Å²) in [5, 5.41) is 0. The number of ether oxygens (including phenoxy) is 1. The zero-order valence-corrected chi connectivity index (χ0v) is 11.5. The van der Waals surface area contributed by atoms with Crippen LogP contribution in [0, 0.1) is 0 Å². The minimum Gasteiger partial charge on any atom is -0.371 e. The fourth-order valence-electron chi connectivity index (χ4n) is 3.25. The van der Waals surface area contributed by atoms with E-state index in [0.29, 0.717) is 24.6 Å². The summed E-state index contributed by atoms with van der Waals surface area (Å²) in [6.45, 7) is 2.06. The van der Waals surface area contributed by atoms with E-state index < -0.39 is 0 Å². The van der Waals surface area contributed by atoms with E-state index in [1.54, 1.807) is 12.5 Å². The summed E-state index contributed by atoms with van der Waals surface area (Å²) in [5.74, 6) is 0.553. The molecule has 0 unspecified atom stereocenters. The molecule has 1 aromatic rings. The zero-order chi connectivity index (χ0) is 13.6. The summed E-state index contributed by atoms with van der Waals surface area (Å²) < 4.78 is 5.88. The SMILES string of the molecule is O=C(c1cncnc1C1CC1)N1CCOC2(CCC2)C1. The Labute approximate surface area is 118 Å². The van der Waals surface area contributed by atoms with Crippen LogP contribution < -0.4 is 0 Å². The van der Waals surface area contributed by atoms with Gasteiger partial charge in [-0.25, -0.2) is 9.97 Å². The van der Waals surface area contributed by atoms with Crippen LogP contribution in [0.25, 0.3) is 0 Å². The fraction of sp³-hybridized carbons (Fsp3) is 0.667. The van der Waals surface area contributed by atoms with E-state index in [0.717, 1.165) is 37.9 Å². The van der Waals surface area contributed by atoms with Crippen LogP contribution in [-0.2, 0) is 4.74 Å². The third-order valence-electron chi connectivity index (χ3n) is 4.74. The monoisotopic (exact) mass is 273 g/mol. The van der Waals surface area contributed by atoms with Crippen molar-refractivity contribution < 1.29 is 9.53 Å². The molecular formula is C15H19N3O2. The zero-order valence-electron chi connectivity index (χ0n) is 11.5. The van der Waals surface area contributed by atoms with Gasteiger partial charge in [-0.3, -0.25) is 4.79 Å². The van der Waals surface area contributed by atoms with Gasteiger partial charge in [0.15, 0.2) is 0 Å². The molecular weight excluding hydrogens is 254 g/mol. The first-order valence-corrected chi connectivity index (χ1v) is 7.51. The summed E-state index contributed by atoms with van der Waals surface area (Å²) in [4.78, 5) is 23.1. The Kier molecular flexibility index (Phi) is 2.77. The number of rotatable bonds is 2. The van der Waals surface area contributed by atoms with Gasteiger partial charge in [0.05, 0.1) is 30.0 Å². The molecule has 0 aromatic carbocycles. The van der Waals surface area contributed by atoms with Crippen LogP contribution in [0.15, 0.2) is 12.5 Å². The lowest BCUT2D eigenvalue weighted by atomic mass is 9.79. The highest BCUT2D eigenvalue weighted by Crippen LogP contribution is 2.41. The summed E-state index contributed by atoms with van der Waals surface area (Å²) in [6.07, 6.45) is 8.90. The Morgan fingerprint density at radius 2 is 2.25 bits per heavy atom. The van der Waals surface area contributed by atoms with Crippen molar-refractivity contribution in [3.05, 3.63) is 23.8 Å². The minimum atomic E-state index is -0.0523. The van der Waals surface area contributed by atoms with Crippen LogP contribution in [0.3, 0.4) is 0 Å². The molecule has 1 saturated heterocycles. The average molecular weight is 273 g/mol. The molecule has 106 valence electrons. The smallest absolute Gasteiger partial charge is 0.257 e. The number of hydrogen-bond acceptors (Lipinski definition) is 4. The third kappa shape index (κ3) is 2.00. The van der Waals surface area contributed by atoms with E-state index in [1.807, 2.05) is 4.90 Å². The summed E-state index contributed by atoms with van der Waals surface area (Å²) >= 11 is 0. The minimum absolute atomic E-state index is 0.0523. The third-order valence-corrected chi connectivity index (χ3v) is 4.74. The summed E-state index contributed by atoms with van der Waals surface area (Å²) in [5.41, 5.74) is 1.59. The van der Waals surface area contributed by atoms with Crippen molar-refractivity contribution in [3.63, 3.8) is 0 Å². The second-order valence-corrected chi connectivity index (χ2v) is 6.21. The van der Waals surface area contributed by atoms with Crippen molar-refractivity contribution in [2.45, 2.75) is 43.6 Å². The van der Waals surface area contributed by atoms with Crippen molar-refractivity contribution in [3.8, 4) is 0 Å². The Morgan fingerprint density at radius 3 is 2.95 bits per heavy atom. The van der Waals surface area contributed by atoms with Crippen molar-refractivity contribution in [2.75, 3.05) is 19.7 Å². The maximum Gasteiger partial charge on any atom is 0.257 e. The maximum atomic E-state index is 12.8. The predicted molar refractivity (Wildman–Crippen MR) is 72.4 cm³/mol. The van der Waals surface area contributed by atoms with E-state index in [1.165, 1.54) is 6.42 Å². The number of carbonyl (C=O) groups excluding carboxylic acids is 1. The van der Waals surface area contributed by atoms with Gasteiger partial charge in [0.1, 0.15) is 6.33 Å². The highest BCUT2D eigenvalue weighted by molar-refractivity contribution is 5.95. The second kappa shape index (κ2) is 4.52. The highest BCUT2D eigenvalue weighted by Gasteiger charge is 2.44. The topological polar surface area (TPSA) is 55.3 Å². The molecule has 1 amide bonds. The molecule has 2 aliphatic carbocycles. The molecule has 0 N–H and O–H groups in total. The average Bonchev–Trinajstić information content (AvgIpc) is 3.30. The summed E-state index contributed by atoms with van der Waals surface area (Å²) in [6, 6.07) is 0. The van der Waals surface area contributed by atoms with Gasteiger partial charge < -0.3 is 9.64 Å². The maximum absolute atomic E-state index is 12.8. The molecule has 0 radical (unpaired) electrons. The lowest BCUT2D eigenvalue weighted by Crippen LogP contribution is -2.57. The largest absolute Gasteiger partial charge is 0.371 e. The number of hydrogen-bond donors (Lipinski definition) is 0. The standard InChI is InChI=1S/C15H19N3O2/c19-14(12-8-16-10-17-13(12)11-2-3-11)18-6-7-20-15(9-18)4-1-5-15/h8,10-11H,1-7,9H2. The van der Waals surface area contributed by atoms with Crippen molar-refractivity contribution in [1.29, 1.82) is 0 Å². The van der Waals surface area contributed by atoms with Crippen LogP contribution in [0.4, 0.5) is 0 Å². The molecule has 2 saturated carbocycles. The first-order valence-electron chi connectivity index (χ1n) is 7.51. The molecule has 3 aliphatic rings. The molecule has 0 bridgehead atoms. The molecule has 2 heterocycles. The lowest BCUT2D eigenvalue weighted by molar-refractivity contribution is -0.142. The molecule has 1 spiro atoms. The van der Waals surface area contributed by atoms with Crippen LogP contribution in [-0.4, -0.2) is 46.1 Å². The van der Waals surface area contributed by atoms with Crippen LogP contribution >= 0.6 is 0 Å². The van der Waals surface area contributed by atoms with E-state index in [4.69, 9.17) is 4.74 Å². The molecule has 4 rings (SSSR count). The number of morpholine rings is 1. The van der Waals surface area contributed by atoms with E-state index in [2.05, 4.69) is 9.97 Å².